The first-order valence-corrected chi connectivity index (χ1v) is 2.23. The number of hydrogen-bond acceptors (Lipinski definition) is 1. The van der Waals surface area contributed by atoms with Crippen LogP contribution in [0.4, 0.5) is 4.79 Å². The Kier molecular flexibility index (Phi) is 0.661. The molecule has 0 aromatic carbocycles. The van der Waals surface area contributed by atoms with Gasteiger partial charge in [0.15, 0.2) is 1.41 Å². The molecule has 0 atom stereocenters. The van der Waals surface area contributed by atoms with Gasteiger partial charge in [-0.3, -0.25) is 0 Å². The number of carbonyl (C=O) groups excluding carboxylic acids is 1. The van der Waals surface area contributed by atoms with E-state index in [2.05, 4.69) is 0 Å². The van der Waals surface area contributed by atoms with Gasteiger partial charge >= 0.3 is 6.03 Å². The van der Waals surface area contributed by atoms with Crippen molar-refractivity contribution in [2.24, 2.45) is 0 Å². The maximum absolute atomic E-state index is 10.6. The van der Waals surface area contributed by atoms with E-state index in [1.54, 1.807) is 7.05 Å². The topological polar surface area (TPSA) is 32.3 Å². The average molecular weight is 101 g/mol. The molecule has 0 radical (unpaired) electrons. The molecule has 0 bridgehead atoms. The summed E-state index contributed by atoms with van der Waals surface area (Å²) < 4.78 is 6.91. The smallest absolute Gasteiger partial charge is 0.317 e. The molecule has 0 aromatic heterocycles. The van der Waals surface area contributed by atoms with E-state index in [0.29, 0.717) is 13.1 Å². The van der Waals surface area contributed by atoms with Gasteiger partial charge in [0.2, 0.25) is 0 Å². The maximum atomic E-state index is 10.6. The summed E-state index contributed by atoms with van der Waals surface area (Å²) in [5.74, 6) is 0. The summed E-state index contributed by atoms with van der Waals surface area (Å²) in [5, 5.41) is 0.958. The summed E-state index contributed by atoms with van der Waals surface area (Å²) in [6, 6.07) is -0.204. The molecule has 1 fully saturated rings. The maximum Gasteiger partial charge on any atom is 0.317 e. The van der Waals surface area contributed by atoms with E-state index in [1.807, 2.05) is 0 Å². The summed E-state index contributed by atoms with van der Waals surface area (Å²) in [7, 11) is 1.69. The van der Waals surface area contributed by atoms with E-state index in [9.17, 15) is 4.79 Å². The number of nitrogens with one attached hydrogen (secondary N) is 1. The summed E-state index contributed by atoms with van der Waals surface area (Å²) >= 11 is 0. The van der Waals surface area contributed by atoms with Crippen molar-refractivity contribution in [2.45, 2.75) is 0 Å². The fraction of sp³-hybridized carbons (Fsp3) is 0.750. The molecule has 1 aliphatic rings. The molecule has 0 aromatic rings. The number of likely N-dealkylation sites (N-methyl/N-ethyl adjacent to an activating group) is 1. The van der Waals surface area contributed by atoms with E-state index in [1.165, 1.54) is 4.90 Å². The second kappa shape index (κ2) is 1.40. The SMILES string of the molecule is [2H]N1CCN(C)C1=O. The fourth-order valence-corrected chi connectivity index (χ4v) is 0.512. The Morgan fingerprint density at radius 2 is 2.86 bits per heavy atom. The van der Waals surface area contributed by atoms with Gasteiger partial charge in [0.25, 0.3) is 0 Å². The van der Waals surface area contributed by atoms with Gasteiger partial charge in [-0.25, -0.2) is 4.79 Å². The van der Waals surface area contributed by atoms with Crippen molar-refractivity contribution in [3.05, 3.63) is 0 Å². The summed E-state index contributed by atoms with van der Waals surface area (Å²) in [6.45, 7) is 1.22. The molecule has 0 saturated carbocycles. The minimum Gasteiger partial charge on any atom is -0.336 e. The molecular formula is C4H8N2O. The highest BCUT2D eigenvalue weighted by Gasteiger charge is 2.12. The van der Waals surface area contributed by atoms with Crippen LogP contribution in [0.15, 0.2) is 0 Å². The lowest BCUT2D eigenvalue weighted by Crippen LogP contribution is -2.23. The molecule has 1 aliphatic heterocycles. The Morgan fingerprint density at radius 3 is 3.00 bits per heavy atom. The number of carbonyl (C=O) groups is 1. The van der Waals surface area contributed by atoms with Gasteiger partial charge in [0.1, 0.15) is 0 Å². The van der Waals surface area contributed by atoms with Crippen LogP contribution < -0.4 is 5.31 Å². The minimum atomic E-state index is -0.204. The molecule has 40 valence electrons. The third-order valence-corrected chi connectivity index (χ3v) is 1.01. The zero-order chi connectivity index (χ0) is 6.15. The first-order chi connectivity index (χ1) is 3.72. The summed E-state index contributed by atoms with van der Waals surface area (Å²) in [6.07, 6.45) is 0. The second-order valence-corrected chi connectivity index (χ2v) is 1.59. The monoisotopic (exact) mass is 101 g/mol. The molecule has 1 rings (SSSR count). The van der Waals surface area contributed by atoms with E-state index >= 15 is 0 Å². The Hall–Kier alpha value is -0.730. The average Bonchev–Trinajstić information content (AvgIpc) is 1.98. The molecule has 0 unspecified atom stereocenters. The zero-order valence-corrected chi connectivity index (χ0v) is 4.22. The van der Waals surface area contributed by atoms with Gasteiger partial charge in [-0.1, -0.05) is 0 Å². The summed E-state index contributed by atoms with van der Waals surface area (Å²) in [5.41, 5.74) is 0. The van der Waals surface area contributed by atoms with E-state index in [4.69, 9.17) is 1.41 Å². The van der Waals surface area contributed by atoms with Gasteiger partial charge in [-0.2, -0.15) is 0 Å². The predicted octanol–water partition coefficient (Wildman–Crippen LogP) is -0.359. The molecule has 0 aliphatic carbocycles. The van der Waals surface area contributed by atoms with Crippen LogP contribution in [0, 0.1) is 0 Å². The summed E-state index contributed by atoms with van der Waals surface area (Å²) in [4.78, 5) is 12.1. The lowest BCUT2D eigenvalue weighted by Gasteiger charge is -2.01. The van der Waals surface area contributed by atoms with Crippen molar-refractivity contribution in [1.82, 2.24) is 10.2 Å². The van der Waals surface area contributed by atoms with Crippen LogP contribution in [0.25, 0.3) is 0 Å². The van der Waals surface area contributed by atoms with Gasteiger partial charge < -0.3 is 10.2 Å². The van der Waals surface area contributed by atoms with Crippen LogP contribution in [-0.4, -0.2) is 31.1 Å². The van der Waals surface area contributed by atoms with Gasteiger partial charge in [0, 0.05) is 20.1 Å². The van der Waals surface area contributed by atoms with Gasteiger partial charge in [-0.05, 0) is 0 Å². The number of nitrogens with zero attached hydrogens (tertiary/aromatic N) is 1. The number of rotatable bonds is 0. The van der Waals surface area contributed by atoms with Crippen LogP contribution in [0.1, 0.15) is 0 Å². The number of hydrogen-bond donors (Lipinski definition) is 1. The van der Waals surface area contributed by atoms with Gasteiger partial charge in [-0.15, -0.1) is 0 Å². The third kappa shape index (κ3) is 0.656. The molecule has 3 nitrogen and oxygen atoms in total. The van der Waals surface area contributed by atoms with Crippen LogP contribution in [0.3, 0.4) is 0 Å². The van der Waals surface area contributed by atoms with Crippen molar-refractivity contribution in [3.63, 3.8) is 0 Å². The number of urea groups is 1. The normalized spacial score (nSPS) is 23.6. The Labute approximate surface area is 43.8 Å². The van der Waals surface area contributed by atoms with E-state index in [0.717, 1.165) is 5.31 Å². The van der Waals surface area contributed by atoms with Crippen LogP contribution in [0.2, 0.25) is 1.41 Å². The van der Waals surface area contributed by atoms with Crippen molar-refractivity contribution in [1.29, 1.82) is 0 Å². The zero-order valence-electron chi connectivity index (χ0n) is 5.22. The van der Waals surface area contributed by atoms with Crippen molar-refractivity contribution in [2.75, 3.05) is 20.1 Å². The Balaban J connectivity index is 2.57. The van der Waals surface area contributed by atoms with E-state index in [-0.39, 0.29) is 6.03 Å². The highest BCUT2D eigenvalue weighted by Crippen LogP contribution is 1.88. The standard InChI is InChI=1S/C4H8N2O/c1-6-3-2-5-4(6)7/h2-3H2,1H3,(H,5,7)/i/hD. The van der Waals surface area contributed by atoms with E-state index < -0.39 is 0 Å². The second-order valence-electron chi connectivity index (χ2n) is 1.59. The fourth-order valence-electron chi connectivity index (χ4n) is 0.512. The van der Waals surface area contributed by atoms with Crippen LogP contribution in [-0.2, 0) is 0 Å². The highest BCUT2D eigenvalue weighted by atomic mass is 16.2. The van der Waals surface area contributed by atoms with Crippen molar-refractivity contribution >= 4 is 6.03 Å². The molecule has 0 spiro atoms. The molecular weight excluding hydrogens is 92.1 g/mol. The molecule has 1 saturated heterocycles. The lowest BCUT2D eigenvalue weighted by molar-refractivity contribution is 0.226. The minimum absolute atomic E-state index is 0.204. The lowest BCUT2D eigenvalue weighted by atomic mass is 10.7. The van der Waals surface area contributed by atoms with Gasteiger partial charge in [0.05, 0.1) is 0 Å². The molecule has 2 amide bonds. The molecule has 1 N–H and O–H groups in total. The van der Waals surface area contributed by atoms with Crippen molar-refractivity contribution in [3.8, 4) is 0 Å². The highest BCUT2D eigenvalue weighted by molar-refractivity contribution is 5.75. The molecule has 7 heavy (non-hydrogen) atoms. The Morgan fingerprint density at radius 1 is 2.14 bits per heavy atom. The molecule has 1 heterocycles. The third-order valence-electron chi connectivity index (χ3n) is 1.01. The quantitative estimate of drug-likeness (QED) is 0.444. The number of amides is 2. The van der Waals surface area contributed by atoms with Crippen LogP contribution >= 0.6 is 0 Å². The Bertz CT molecular complexity index is 105. The largest absolute Gasteiger partial charge is 0.336 e. The van der Waals surface area contributed by atoms with Crippen molar-refractivity contribution < 1.29 is 6.21 Å². The molecule has 3 heteroatoms. The van der Waals surface area contributed by atoms with Crippen LogP contribution in [0.5, 0.6) is 0 Å². The predicted molar refractivity (Wildman–Crippen MR) is 26.0 cm³/mol. The first kappa shape index (κ1) is 3.29. The first-order valence-electron chi connectivity index (χ1n) is 2.68.